The van der Waals surface area contributed by atoms with Crippen LogP contribution in [0.4, 0.5) is 0 Å². The molecule has 72 valence electrons. The second-order valence-corrected chi connectivity index (χ2v) is 5.28. The van der Waals surface area contributed by atoms with Gasteiger partial charge in [0, 0.05) is 33.3 Å². The van der Waals surface area contributed by atoms with Gasteiger partial charge in [-0.25, -0.2) is 10.2 Å². The lowest BCUT2D eigenvalue weighted by Crippen LogP contribution is -2.42. The van der Waals surface area contributed by atoms with E-state index in [1.165, 1.54) is 7.11 Å². The number of nitrogens with zero attached hydrogens (tertiary/aromatic N) is 2. The van der Waals surface area contributed by atoms with E-state index in [4.69, 9.17) is 10.0 Å². The Hall–Kier alpha value is 0.420. The molecule has 1 rings (SSSR count). The lowest BCUT2D eigenvalue weighted by molar-refractivity contribution is 0.248. The molecule has 1 saturated heterocycles. The molecule has 0 amide bonds. The van der Waals surface area contributed by atoms with E-state index in [9.17, 15) is 4.57 Å². The molecule has 0 aromatic heterocycles. The van der Waals surface area contributed by atoms with Crippen LogP contribution in [0.1, 0.15) is 0 Å². The van der Waals surface area contributed by atoms with Crippen molar-refractivity contribution in [3.8, 4) is 0 Å². The summed E-state index contributed by atoms with van der Waals surface area (Å²) >= 11 is 4.16. The van der Waals surface area contributed by atoms with Gasteiger partial charge in [-0.15, -0.1) is 0 Å². The van der Waals surface area contributed by atoms with E-state index in [1.54, 1.807) is 4.67 Å². The third-order valence-electron chi connectivity index (χ3n) is 1.89. The molecule has 7 heteroatoms. The van der Waals surface area contributed by atoms with Gasteiger partial charge in [0.1, 0.15) is 0 Å². The van der Waals surface area contributed by atoms with E-state index >= 15 is 0 Å². The van der Waals surface area contributed by atoms with E-state index in [1.807, 2.05) is 4.31 Å². The summed E-state index contributed by atoms with van der Waals surface area (Å²) in [7, 11) is -1.63. The van der Waals surface area contributed by atoms with Gasteiger partial charge >= 0.3 is 7.67 Å². The summed E-state index contributed by atoms with van der Waals surface area (Å²) in [6.07, 6.45) is 0. The minimum absolute atomic E-state index is 0.644. The summed E-state index contributed by atoms with van der Waals surface area (Å²) in [6.45, 7) is 2.80. The van der Waals surface area contributed by atoms with Crippen LogP contribution in [0.15, 0.2) is 0 Å². The molecule has 1 atom stereocenters. The Bertz CT molecular complexity index is 195. The molecule has 0 bridgehead atoms. The number of nitrogens with two attached hydrogens (primary N) is 1. The Morgan fingerprint density at radius 1 is 1.42 bits per heavy atom. The van der Waals surface area contributed by atoms with Crippen molar-refractivity contribution in [2.45, 2.75) is 0 Å². The molecule has 1 fully saturated rings. The minimum atomic E-state index is -3.00. The predicted octanol–water partition coefficient (Wildman–Crippen LogP) is 0.162. The highest BCUT2D eigenvalue weighted by Crippen LogP contribution is 2.41. The molecule has 5 nitrogen and oxygen atoms in total. The van der Waals surface area contributed by atoms with Crippen molar-refractivity contribution in [3.05, 3.63) is 0 Å². The zero-order valence-electron chi connectivity index (χ0n) is 7.01. The topological polar surface area (TPSA) is 58.8 Å². The highest BCUT2D eigenvalue weighted by atomic mass is 32.1. The maximum absolute atomic E-state index is 11.5. The van der Waals surface area contributed by atoms with Crippen LogP contribution in [0.3, 0.4) is 0 Å². The van der Waals surface area contributed by atoms with Gasteiger partial charge in [-0.2, -0.15) is 0 Å². The fourth-order valence-corrected chi connectivity index (χ4v) is 2.23. The van der Waals surface area contributed by atoms with Crippen LogP contribution in [0, 0.1) is 0 Å². The summed E-state index contributed by atoms with van der Waals surface area (Å²) in [6, 6.07) is 0. The van der Waals surface area contributed by atoms with Crippen molar-refractivity contribution in [3.63, 3.8) is 0 Å². The van der Waals surface area contributed by atoms with E-state index in [-0.39, 0.29) is 0 Å². The van der Waals surface area contributed by atoms with Crippen LogP contribution in [-0.4, -0.2) is 42.3 Å². The smallest absolute Gasteiger partial charge is 0.310 e. The molecule has 1 heterocycles. The lowest BCUT2D eigenvalue weighted by atomic mass is 10.4. The molecular formula is C5H14N3O2PS. The van der Waals surface area contributed by atoms with Crippen LogP contribution in [-0.2, 0) is 9.09 Å². The lowest BCUT2D eigenvalue weighted by Gasteiger charge is -2.33. The van der Waals surface area contributed by atoms with Gasteiger partial charge in [-0.3, -0.25) is 8.87 Å². The summed E-state index contributed by atoms with van der Waals surface area (Å²) in [4.78, 5) is 0. The first kappa shape index (κ1) is 10.5. The van der Waals surface area contributed by atoms with Gasteiger partial charge in [-0.05, 0) is 0 Å². The van der Waals surface area contributed by atoms with Gasteiger partial charge < -0.3 is 4.52 Å². The van der Waals surface area contributed by atoms with Crippen LogP contribution < -0.4 is 5.50 Å². The van der Waals surface area contributed by atoms with E-state index in [0.29, 0.717) is 13.1 Å². The molecule has 12 heavy (non-hydrogen) atoms. The largest absolute Gasteiger partial charge is 0.340 e. The van der Waals surface area contributed by atoms with Crippen molar-refractivity contribution in [1.82, 2.24) is 8.98 Å². The minimum Gasteiger partial charge on any atom is -0.310 e. The van der Waals surface area contributed by atoms with Crippen LogP contribution in [0.2, 0.25) is 0 Å². The van der Waals surface area contributed by atoms with Crippen molar-refractivity contribution < 1.29 is 9.09 Å². The van der Waals surface area contributed by atoms with E-state index in [0.717, 1.165) is 13.1 Å². The van der Waals surface area contributed by atoms with Crippen LogP contribution in [0.25, 0.3) is 0 Å². The van der Waals surface area contributed by atoms with Gasteiger partial charge in [-0.1, -0.05) is 12.8 Å². The van der Waals surface area contributed by atoms with Crippen molar-refractivity contribution in [1.29, 1.82) is 0 Å². The highest BCUT2D eigenvalue weighted by molar-refractivity contribution is 7.77. The van der Waals surface area contributed by atoms with Gasteiger partial charge in [0.15, 0.2) is 0 Å². The molecule has 1 unspecified atom stereocenters. The Morgan fingerprint density at radius 2 is 1.92 bits per heavy atom. The molecule has 0 aliphatic carbocycles. The molecule has 0 spiro atoms. The average Bonchev–Trinajstić information content (AvgIpc) is 2.05. The van der Waals surface area contributed by atoms with Crippen molar-refractivity contribution in [2.75, 3.05) is 33.3 Å². The van der Waals surface area contributed by atoms with Gasteiger partial charge in [0.25, 0.3) is 0 Å². The summed E-state index contributed by atoms with van der Waals surface area (Å²) in [5.41, 5.74) is 5.45. The normalized spacial score (nSPS) is 26.9. The van der Waals surface area contributed by atoms with Crippen molar-refractivity contribution >= 4 is 20.5 Å². The Kier molecular flexibility index (Phi) is 3.58. The number of hydrogen-bond donors (Lipinski definition) is 2. The molecule has 2 N–H and O–H groups in total. The van der Waals surface area contributed by atoms with Gasteiger partial charge in [0.2, 0.25) is 0 Å². The second kappa shape index (κ2) is 4.09. The first-order valence-corrected chi connectivity index (χ1v) is 5.74. The average molecular weight is 211 g/mol. The Morgan fingerprint density at radius 3 is 2.33 bits per heavy atom. The number of piperazine rings is 1. The fraction of sp³-hybridized carbons (Fsp3) is 1.00. The zero-order chi connectivity index (χ0) is 9.19. The second-order valence-electron chi connectivity index (χ2n) is 2.65. The van der Waals surface area contributed by atoms with Crippen molar-refractivity contribution in [2.24, 2.45) is 5.50 Å². The SMILES string of the molecule is COP(N)(=O)N1CCN(S)CC1. The molecular weight excluding hydrogens is 197 g/mol. The Balaban J connectivity index is 2.50. The summed E-state index contributed by atoms with van der Waals surface area (Å²) in [5, 5.41) is 0. The third kappa shape index (κ3) is 2.45. The predicted molar refractivity (Wildman–Crippen MR) is 50.9 cm³/mol. The van der Waals surface area contributed by atoms with E-state index < -0.39 is 7.67 Å². The first-order chi connectivity index (χ1) is 5.56. The molecule has 0 aromatic rings. The highest BCUT2D eigenvalue weighted by Gasteiger charge is 2.28. The number of rotatable bonds is 2. The fourth-order valence-electron chi connectivity index (χ4n) is 1.08. The first-order valence-electron chi connectivity index (χ1n) is 3.70. The molecule has 1 aliphatic rings. The Labute approximate surface area is 77.9 Å². The monoisotopic (exact) mass is 211 g/mol. The standard InChI is InChI=1S/C5H14N3O2PS/c1-10-11(6,9)7-2-4-8(12)5-3-7/h12H,2-5H2,1H3,(H2,6,9). The number of hydrogen-bond acceptors (Lipinski definition) is 4. The van der Waals surface area contributed by atoms with E-state index in [2.05, 4.69) is 12.8 Å². The summed E-state index contributed by atoms with van der Waals surface area (Å²) in [5.74, 6) is 0. The molecule has 0 saturated carbocycles. The maximum atomic E-state index is 11.5. The summed E-state index contributed by atoms with van der Waals surface area (Å²) < 4.78 is 19.7. The maximum Gasteiger partial charge on any atom is 0.340 e. The molecule has 0 radical (unpaired) electrons. The molecule has 1 aliphatic heterocycles. The third-order valence-corrected chi connectivity index (χ3v) is 4.00. The molecule has 0 aromatic carbocycles. The van der Waals surface area contributed by atoms with Crippen LogP contribution in [0.5, 0.6) is 0 Å². The zero-order valence-corrected chi connectivity index (χ0v) is 8.80. The quantitative estimate of drug-likeness (QED) is 0.503. The van der Waals surface area contributed by atoms with Crippen LogP contribution >= 0.6 is 20.5 Å². The number of thiol groups is 1. The van der Waals surface area contributed by atoms with Gasteiger partial charge in [0.05, 0.1) is 0 Å².